The lowest BCUT2D eigenvalue weighted by atomic mass is 9.99. The van der Waals surface area contributed by atoms with Gasteiger partial charge in [0.25, 0.3) is 11.5 Å². The molecule has 0 radical (unpaired) electrons. The standard InChI is InChI=1S/C23H21N5O2/c29-19-12-18(26-21(27-19)20-24-10-1-11-25-20)22(30)28-23(16-8-9-17(16)23)15-6-4-14(5-7-15)13-2-3-13/h1,4-7,10-13,16-17H,2-3,8-9H2,(H,28,30)(H,26,27,29). The number of hydrogen-bond donors (Lipinski definition) is 2. The van der Waals surface area contributed by atoms with Crippen molar-refractivity contribution in [1.29, 1.82) is 0 Å². The lowest BCUT2D eigenvalue weighted by Gasteiger charge is -2.20. The minimum Gasteiger partial charge on any atom is -0.341 e. The molecule has 150 valence electrons. The van der Waals surface area contributed by atoms with Gasteiger partial charge in [-0.15, -0.1) is 0 Å². The van der Waals surface area contributed by atoms with Gasteiger partial charge in [0.2, 0.25) is 0 Å². The summed E-state index contributed by atoms with van der Waals surface area (Å²) in [7, 11) is 0. The Labute approximate surface area is 173 Å². The summed E-state index contributed by atoms with van der Waals surface area (Å²) in [5.41, 5.74) is 1.88. The second kappa shape index (κ2) is 6.32. The largest absolute Gasteiger partial charge is 0.341 e. The van der Waals surface area contributed by atoms with Crippen LogP contribution in [0.5, 0.6) is 0 Å². The molecule has 0 saturated heterocycles. The van der Waals surface area contributed by atoms with Crippen LogP contribution < -0.4 is 10.9 Å². The molecule has 0 aliphatic heterocycles. The van der Waals surface area contributed by atoms with Gasteiger partial charge in [0.1, 0.15) is 5.69 Å². The highest BCUT2D eigenvalue weighted by Gasteiger charge is 2.70. The van der Waals surface area contributed by atoms with Crippen molar-refractivity contribution in [3.05, 3.63) is 76.0 Å². The van der Waals surface area contributed by atoms with E-state index in [2.05, 4.69) is 49.5 Å². The SMILES string of the molecule is O=C(NC1(c2ccc(C3CC3)cc2)C2CCC21)c1cc(=O)[nH]c(-c2ncccn2)n1. The number of fused-ring (bicyclic) bond motifs is 1. The van der Waals surface area contributed by atoms with E-state index < -0.39 is 5.56 Å². The Bertz CT molecular complexity index is 1170. The molecule has 1 amide bonds. The van der Waals surface area contributed by atoms with E-state index in [-0.39, 0.29) is 28.8 Å². The third kappa shape index (κ3) is 2.69. The molecule has 2 atom stereocenters. The minimum absolute atomic E-state index is 0.0847. The van der Waals surface area contributed by atoms with Crippen LogP contribution in [0.3, 0.4) is 0 Å². The molecule has 2 unspecified atom stereocenters. The van der Waals surface area contributed by atoms with Crippen LogP contribution >= 0.6 is 0 Å². The predicted octanol–water partition coefficient (Wildman–Crippen LogP) is 2.77. The summed E-state index contributed by atoms with van der Waals surface area (Å²) in [4.78, 5) is 40.5. The maximum atomic E-state index is 13.1. The fraction of sp³-hybridized carbons (Fsp3) is 0.348. The van der Waals surface area contributed by atoms with Crippen molar-refractivity contribution in [2.75, 3.05) is 0 Å². The van der Waals surface area contributed by atoms with Crippen LogP contribution in [-0.4, -0.2) is 25.8 Å². The van der Waals surface area contributed by atoms with Gasteiger partial charge in [-0.2, -0.15) is 0 Å². The van der Waals surface area contributed by atoms with Crippen molar-refractivity contribution in [2.24, 2.45) is 11.8 Å². The Hall–Kier alpha value is -3.35. The van der Waals surface area contributed by atoms with Crippen molar-refractivity contribution in [3.63, 3.8) is 0 Å². The number of hydrogen-bond acceptors (Lipinski definition) is 5. The molecule has 0 bridgehead atoms. The van der Waals surface area contributed by atoms with Crippen LogP contribution in [0.2, 0.25) is 0 Å². The molecule has 3 fully saturated rings. The Morgan fingerprint density at radius 1 is 1.03 bits per heavy atom. The first-order chi connectivity index (χ1) is 14.6. The molecule has 6 rings (SSSR count). The van der Waals surface area contributed by atoms with Crippen LogP contribution in [0.4, 0.5) is 0 Å². The Morgan fingerprint density at radius 3 is 2.37 bits per heavy atom. The van der Waals surface area contributed by atoms with Gasteiger partial charge in [0, 0.05) is 18.5 Å². The maximum Gasteiger partial charge on any atom is 0.270 e. The smallest absolute Gasteiger partial charge is 0.270 e. The van der Waals surface area contributed by atoms with Crippen LogP contribution in [0.1, 0.15) is 53.2 Å². The van der Waals surface area contributed by atoms with Gasteiger partial charge in [-0.1, -0.05) is 24.3 Å². The van der Waals surface area contributed by atoms with Crippen molar-refractivity contribution in [2.45, 2.75) is 37.1 Å². The molecular weight excluding hydrogens is 378 g/mol. The zero-order chi connectivity index (χ0) is 20.3. The molecule has 3 aliphatic carbocycles. The van der Waals surface area contributed by atoms with Crippen molar-refractivity contribution < 1.29 is 4.79 Å². The Kier molecular flexibility index (Phi) is 3.69. The van der Waals surface area contributed by atoms with E-state index >= 15 is 0 Å². The molecule has 30 heavy (non-hydrogen) atoms. The number of carbonyl (C=O) groups is 1. The number of nitrogens with one attached hydrogen (secondary N) is 2. The molecule has 0 spiro atoms. The molecule has 3 aliphatic rings. The van der Waals surface area contributed by atoms with Crippen LogP contribution in [0.25, 0.3) is 11.6 Å². The Morgan fingerprint density at radius 2 is 1.73 bits per heavy atom. The Balaban J connectivity index is 1.31. The number of H-pyrrole nitrogens is 1. The number of aromatic nitrogens is 4. The zero-order valence-electron chi connectivity index (χ0n) is 16.3. The third-order valence-electron chi connectivity index (χ3n) is 6.84. The summed E-state index contributed by atoms with van der Waals surface area (Å²) >= 11 is 0. The second-order valence-corrected chi connectivity index (χ2v) is 8.56. The fourth-order valence-corrected chi connectivity index (χ4v) is 4.98. The molecule has 3 saturated carbocycles. The van der Waals surface area contributed by atoms with Crippen LogP contribution in [0.15, 0.2) is 53.6 Å². The van der Waals surface area contributed by atoms with E-state index in [0.29, 0.717) is 17.8 Å². The van der Waals surface area contributed by atoms with E-state index in [9.17, 15) is 9.59 Å². The van der Waals surface area contributed by atoms with E-state index in [0.717, 1.165) is 18.4 Å². The molecule has 2 heterocycles. The van der Waals surface area contributed by atoms with Crippen molar-refractivity contribution >= 4 is 5.91 Å². The number of rotatable bonds is 5. The first-order valence-electron chi connectivity index (χ1n) is 10.5. The zero-order valence-corrected chi connectivity index (χ0v) is 16.3. The molecule has 7 nitrogen and oxygen atoms in total. The molecule has 7 heteroatoms. The fourth-order valence-electron chi connectivity index (χ4n) is 4.98. The summed E-state index contributed by atoms with van der Waals surface area (Å²) in [6.45, 7) is 0. The lowest BCUT2D eigenvalue weighted by molar-refractivity contribution is 0.0920. The van der Waals surface area contributed by atoms with Gasteiger partial charge in [0.05, 0.1) is 5.54 Å². The summed E-state index contributed by atoms with van der Waals surface area (Å²) < 4.78 is 0. The van der Waals surface area contributed by atoms with Gasteiger partial charge in [0.15, 0.2) is 11.6 Å². The van der Waals surface area contributed by atoms with Gasteiger partial charge in [-0.3, -0.25) is 9.59 Å². The van der Waals surface area contributed by atoms with E-state index in [4.69, 9.17) is 0 Å². The molecular formula is C23H21N5O2. The molecule has 2 aromatic heterocycles. The quantitative estimate of drug-likeness (QED) is 0.687. The highest BCUT2D eigenvalue weighted by molar-refractivity contribution is 5.93. The van der Waals surface area contributed by atoms with E-state index in [1.54, 1.807) is 18.5 Å². The first kappa shape index (κ1) is 17.5. The summed E-state index contributed by atoms with van der Waals surface area (Å²) in [6.07, 6.45) is 7.90. The van der Waals surface area contributed by atoms with Gasteiger partial charge in [-0.25, -0.2) is 15.0 Å². The molecule has 3 aromatic rings. The highest BCUT2D eigenvalue weighted by Crippen LogP contribution is 2.69. The molecule has 1 aromatic carbocycles. The summed E-state index contributed by atoms with van der Waals surface area (Å²) in [5.74, 6) is 1.77. The van der Waals surface area contributed by atoms with Gasteiger partial charge >= 0.3 is 0 Å². The van der Waals surface area contributed by atoms with Gasteiger partial charge in [-0.05, 0) is 60.6 Å². The monoisotopic (exact) mass is 399 g/mol. The molecule has 2 N–H and O–H groups in total. The average Bonchev–Trinajstić information content (AvgIpc) is 3.65. The number of benzene rings is 1. The predicted molar refractivity (Wildman–Crippen MR) is 110 cm³/mol. The summed E-state index contributed by atoms with van der Waals surface area (Å²) in [5, 5.41) is 3.24. The lowest BCUT2D eigenvalue weighted by Crippen LogP contribution is -2.38. The number of nitrogens with zero attached hydrogens (tertiary/aromatic N) is 3. The number of carbonyl (C=O) groups excluding carboxylic acids is 1. The van der Waals surface area contributed by atoms with Crippen LogP contribution in [0, 0.1) is 11.8 Å². The third-order valence-corrected chi connectivity index (χ3v) is 6.84. The van der Waals surface area contributed by atoms with E-state index in [1.807, 2.05) is 0 Å². The van der Waals surface area contributed by atoms with Crippen molar-refractivity contribution in [3.8, 4) is 11.6 Å². The normalized spacial score (nSPS) is 26.4. The topological polar surface area (TPSA) is 101 Å². The van der Waals surface area contributed by atoms with Gasteiger partial charge < -0.3 is 10.3 Å². The first-order valence-corrected chi connectivity index (χ1v) is 10.5. The number of aromatic amines is 1. The average molecular weight is 399 g/mol. The van der Waals surface area contributed by atoms with E-state index in [1.165, 1.54) is 24.5 Å². The van der Waals surface area contributed by atoms with Crippen molar-refractivity contribution in [1.82, 2.24) is 25.3 Å². The second-order valence-electron chi connectivity index (χ2n) is 8.56. The van der Waals surface area contributed by atoms with Crippen LogP contribution in [-0.2, 0) is 5.54 Å². The maximum absolute atomic E-state index is 13.1. The summed E-state index contributed by atoms with van der Waals surface area (Å²) in [6, 6.07) is 11.7. The minimum atomic E-state index is -0.404. The number of amides is 1. The highest BCUT2D eigenvalue weighted by atomic mass is 16.2.